The second-order valence-corrected chi connectivity index (χ2v) is 6.79. The molecule has 142 valence electrons. The van der Waals surface area contributed by atoms with Gasteiger partial charge in [-0.15, -0.1) is 0 Å². The summed E-state index contributed by atoms with van der Waals surface area (Å²) in [7, 11) is 3.44. The summed E-state index contributed by atoms with van der Waals surface area (Å²) in [5, 5.41) is 6.64. The lowest BCUT2D eigenvalue weighted by Crippen LogP contribution is -2.47. The minimum atomic E-state index is -0.0487. The lowest BCUT2D eigenvalue weighted by Gasteiger charge is -2.20. The first-order valence-corrected chi connectivity index (χ1v) is 9.14. The first kappa shape index (κ1) is 19.5. The molecular weight excluding hydrogens is 322 g/mol. The zero-order valence-corrected chi connectivity index (χ0v) is 15.6. The van der Waals surface area contributed by atoms with Crippen LogP contribution in [0.2, 0.25) is 0 Å². The molecule has 8 nitrogen and oxygen atoms in total. The highest BCUT2D eigenvalue weighted by Crippen LogP contribution is 2.12. The Labute approximate surface area is 150 Å². The maximum atomic E-state index is 11.8. The van der Waals surface area contributed by atoms with Crippen molar-refractivity contribution in [3.63, 3.8) is 0 Å². The molecule has 0 spiro atoms. The van der Waals surface area contributed by atoms with E-state index < -0.39 is 0 Å². The SMILES string of the molecule is CCC(=O)N1CCC(NC(=NCC(=O)N(C)C)NCC2CCCO2)C1. The average Bonchev–Trinajstić information content (AvgIpc) is 3.27. The van der Waals surface area contributed by atoms with Crippen LogP contribution >= 0.6 is 0 Å². The van der Waals surface area contributed by atoms with Crippen LogP contribution < -0.4 is 10.6 Å². The number of ether oxygens (including phenoxy) is 1. The number of amides is 2. The van der Waals surface area contributed by atoms with E-state index in [1.54, 1.807) is 14.1 Å². The van der Waals surface area contributed by atoms with Crippen molar-refractivity contribution in [3.05, 3.63) is 0 Å². The average molecular weight is 353 g/mol. The third-order valence-corrected chi connectivity index (χ3v) is 4.58. The molecule has 8 heteroatoms. The minimum absolute atomic E-state index is 0.0487. The Morgan fingerprint density at radius 3 is 2.76 bits per heavy atom. The van der Waals surface area contributed by atoms with Crippen molar-refractivity contribution in [3.8, 4) is 0 Å². The molecule has 2 fully saturated rings. The van der Waals surface area contributed by atoms with Gasteiger partial charge in [0.1, 0.15) is 6.54 Å². The highest BCUT2D eigenvalue weighted by Gasteiger charge is 2.26. The molecule has 2 rings (SSSR count). The van der Waals surface area contributed by atoms with Crippen LogP contribution in [0.25, 0.3) is 0 Å². The third kappa shape index (κ3) is 6.19. The Morgan fingerprint density at radius 2 is 2.12 bits per heavy atom. The first-order valence-electron chi connectivity index (χ1n) is 9.14. The van der Waals surface area contributed by atoms with Crippen molar-refractivity contribution in [1.29, 1.82) is 0 Å². The van der Waals surface area contributed by atoms with E-state index in [9.17, 15) is 9.59 Å². The fourth-order valence-electron chi connectivity index (χ4n) is 2.98. The minimum Gasteiger partial charge on any atom is -0.376 e. The van der Waals surface area contributed by atoms with Crippen LogP contribution in [0.1, 0.15) is 32.6 Å². The van der Waals surface area contributed by atoms with Crippen molar-refractivity contribution in [2.75, 3.05) is 46.9 Å². The van der Waals surface area contributed by atoms with Crippen LogP contribution in [-0.4, -0.2) is 86.6 Å². The first-order chi connectivity index (χ1) is 12.0. The standard InChI is InChI=1S/C17H31N5O3/c1-4-15(23)22-8-7-13(12-22)20-17(19-11-16(24)21(2)3)18-10-14-6-5-9-25-14/h13-14H,4-12H2,1-3H3,(H2,18,19,20). The van der Waals surface area contributed by atoms with E-state index in [4.69, 9.17) is 4.74 Å². The van der Waals surface area contributed by atoms with E-state index in [1.165, 1.54) is 4.90 Å². The third-order valence-electron chi connectivity index (χ3n) is 4.58. The number of nitrogens with one attached hydrogen (secondary N) is 2. The Balaban J connectivity index is 1.89. The molecule has 25 heavy (non-hydrogen) atoms. The highest BCUT2D eigenvalue weighted by molar-refractivity contribution is 5.85. The van der Waals surface area contributed by atoms with Crippen LogP contribution in [0.3, 0.4) is 0 Å². The summed E-state index contributed by atoms with van der Waals surface area (Å²) in [6, 6.07) is 0.153. The number of rotatable bonds is 6. The number of aliphatic imine (C=N–C) groups is 1. The summed E-state index contributed by atoms with van der Waals surface area (Å²) in [6.45, 7) is 4.90. The molecule has 2 aliphatic heterocycles. The molecule has 2 amide bonds. The summed E-state index contributed by atoms with van der Waals surface area (Å²) in [4.78, 5) is 31.4. The van der Waals surface area contributed by atoms with Gasteiger partial charge >= 0.3 is 0 Å². The molecule has 0 bridgehead atoms. The van der Waals surface area contributed by atoms with Gasteiger partial charge in [-0.2, -0.15) is 0 Å². The zero-order valence-electron chi connectivity index (χ0n) is 15.6. The van der Waals surface area contributed by atoms with Crippen LogP contribution in [0.4, 0.5) is 0 Å². The quantitative estimate of drug-likeness (QED) is 0.510. The van der Waals surface area contributed by atoms with E-state index in [1.807, 2.05) is 11.8 Å². The predicted molar refractivity (Wildman–Crippen MR) is 96.4 cm³/mol. The number of carbonyl (C=O) groups excluding carboxylic acids is 2. The Kier molecular flexibility index (Phi) is 7.49. The van der Waals surface area contributed by atoms with Crippen molar-refractivity contribution in [2.24, 2.45) is 4.99 Å². The number of likely N-dealkylation sites (N-methyl/N-ethyl adjacent to an activating group) is 1. The molecule has 2 saturated heterocycles. The molecule has 0 radical (unpaired) electrons. The lowest BCUT2D eigenvalue weighted by atomic mass is 10.2. The van der Waals surface area contributed by atoms with Crippen molar-refractivity contribution in [2.45, 2.75) is 44.8 Å². The summed E-state index contributed by atoms with van der Waals surface area (Å²) in [6.07, 6.45) is 3.73. The molecular formula is C17H31N5O3. The number of guanidine groups is 1. The Morgan fingerprint density at radius 1 is 1.32 bits per heavy atom. The molecule has 0 saturated carbocycles. The van der Waals surface area contributed by atoms with Crippen molar-refractivity contribution >= 4 is 17.8 Å². The van der Waals surface area contributed by atoms with E-state index in [2.05, 4.69) is 15.6 Å². The maximum absolute atomic E-state index is 11.8. The zero-order chi connectivity index (χ0) is 18.2. The molecule has 2 aliphatic rings. The lowest BCUT2D eigenvalue weighted by molar-refractivity contribution is -0.130. The van der Waals surface area contributed by atoms with Crippen LogP contribution in [0, 0.1) is 0 Å². The van der Waals surface area contributed by atoms with Gasteiger partial charge in [0.05, 0.1) is 6.10 Å². The molecule has 2 unspecified atom stereocenters. The van der Waals surface area contributed by atoms with Gasteiger partial charge in [0.25, 0.3) is 0 Å². The monoisotopic (exact) mass is 353 g/mol. The van der Waals surface area contributed by atoms with Gasteiger partial charge in [-0.05, 0) is 19.3 Å². The molecule has 2 heterocycles. The molecule has 0 aromatic rings. The predicted octanol–water partition coefficient (Wildman–Crippen LogP) is -0.200. The Bertz CT molecular complexity index is 489. The van der Waals surface area contributed by atoms with E-state index >= 15 is 0 Å². The largest absolute Gasteiger partial charge is 0.376 e. The van der Waals surface area contributed by atoms with Gasteiger partial charge in [0.15, 0.2) is 5.96 Å². The molecule has 0 aliphatic carbocycles. The highest BCUT2D eigenvalue weighted by atomic mass is 16.5. The number of likely N-dealkylation sites (tertiary alicyclic amines) is 1. The number of carbonyl (C=O) groups is 2. The van der Waals surface area contributed by atoms with Crippen molar-refractivity contribution in [1.82, 2.24) is 20.4 Å². The maximum Gasteiger partial charge on any atom is 0.243 e. The summed E-state index contributed by atoms with van der Waals surface area (Å²) in [5.74, 6) is 0.742. The molecule has 2 atom stereocenters. The van der Waals surface area contributed by atoms with Crippen LogP contribution in [0.15, 0.2) is 4.99 Å². The Hall–Kier alpha value is -1.83. The van der Waals surface area contributed by atoms with Gasteiger partial charge in [-0.1, -0.05) is 6.92 Å². The van der Waals surface area contributed by atoms with E-state index in [0.717, 1.165) is 32.4 Å². The van der Waals surface area contributed by atoms with Gasteiger partial charge in [-0.3, -0.25) is 9.59 Å². The van der Waals surface area contributed by atoms with Gasteiger partial charge in [0.2, 0.25) is 11.8 Å². The summed E-state index contributed by atoms with van der Waals surface area (Å²) >= 11 is 0. The summed E-state index contributed by atoms with van der Waals surface area (Å²) in [5.41, 5.74) is 0. The van der Waals surface area contributed by atoms with Gasteiger partial charge in [-0.25, -0.2) is 4.99 Å². The molecule has 0 aromatic heterocycles. The fourth-order valence-corrected chi connectivity index (χ4v) is 2.98. The smallest absolute Gasteiger partial charge is 0.243 e. The van der Waals surface area contributed by atoms with Gasteiger partial charge in [0, 0.05) is 52.8 Å². The van der Waals surface area contributed by atoms with Crippen LogP contribution in [0.5, 0.6) is 0 Å². The normalized spacial score (nSPS) is 23.6. The molecule has 0 aromatic carbocycles. The summed E-state index contributed by atoms with van der Waals surface area (Å²) < 4.78 is 5.63. The number of hydrogen-bond acceptors (Lipinski definition) is 4. The van der Waals surface area contributed by atoms with Gasteiger partial charge < -0.3 is 25.2 Å². The second-order valence-electron chi connectivity index (χ2n) is 6.79. The number of hydrogen-bond donors (Lipinski definition) is 2. The fraction of sp³-hybridized carbons (Fsp3) is 0.824. The van der Waals surface area contributed by atoms with Crippen LogP contribution in [-0.2, 0) is 14.3 Å². The second kappa shape index (κ2) is 9.60. The molecule has 2 N–H and O–H groups in total. The van der Waals surface area contributed by atoms with E-state index in [0.29, 0.717) is 25.5 Å². The topological polar surface area (TPSA) is 86.3 Å². The van der Waals surface area contributed by atoms with E-state index in [-0.39, 0.29) is 30.5 Å². The number of nitrogens with zero attached hydrogens (tertiary/aromatic N) is 3. The van der Waals surface area contributed by atoms with Crippen molar-refractivity contribution < 1.29 is 14.3 Å².